The molecule has 2 amide bonds. The third kappa shape index (κ3) is 4.74. The molecule has 1 saturated heterocycles. The number of H-pyrrole nitrogens is 1. The van der Waals surface area contributed by atoms with Gasteiger partial charge in [0.1, 0.15) is 16.8 Å². The van der Waals surface area contributed by atoms with Gasteiger partial charge in [0.2, 0.25) is 5.95 Å². The van der Waals surface area contributed by atoms with Crippen LogP contribution < -0.4 is 15.4 Å². The minimum absolute atomic E-state index is 0.229. The molecule has 0 bridgehead atoms. The summed E-state index contributed by atoms with van der Waals surface area (Å²) in [7, 11) is 1.61. The Morgan fingerprint density at radius 3 is 2.87 bits per heavy atom. The second-order valence-electron chi connectivity index (χ2n) is 8.16. The number of methoxy groups -OCH3 is 1. The summed E-state index contributed by atoms with van der Waals surface area (Å²) in [5, 5.41) is 16.2. The number of imidazole rings is 1. The maximum atomic E-state index is 12.7. The summed E-state index contributed by atoms with van der Waals surface area (Å²) >= 11 is 0. The first-order valence-electron chi connectivity index (χ1n) is 10.6. The van der Waals surface area contributed by atoms with Gasteiger partial charge in [-0.1, -0.05) is 18.2 Å². The number of carbonyl (C=O) groups excluding carboxylic acids is 1. The van der Waals surface area contributed by atoms with Crippen LogP contribution in [0, 0.1) is 0 Å². The summed E-state index contributed by atoms with van der Waals surface area (Å²) in [5.74, 6) is 1.03. The number of hydrogen-bond donors (Lipinski definition) is 4. The lowest BCUT2D eigenvalue weighted by atomic mass is 9.94. The standard InChI is InChI=1S/C23H29N5O3/c1-23(30)10-14-28(15-11-23)22(29)27-21-25-19-17(8-9-18(31-2)20(19)26-21)16-6-3-4-12-24-13-5-7-16/h3-4,6-9,12,24,30H,5,10-11,13-15H2,1-2H3,(H2,25,26,27,29)/b6-3-,12-4+,16-7-. The highest BCUT2D eigenvalue weighted by Crippen LogP contribution is 2.32. The Hall–Kier alpha value is -3.26. The molecule has 8 nitrogen and oxygen atoms in total. The van der Waals surface area contributed by atoms with E-state index in [0.717, 1.165) is 35.1 Å². The lowest BCUT2D eigenvalue weighted by molar-refractivity contribution is 0.00569. The summed E-state index contributed by atoms with van der Waals surface area (Å²) < 4.78 is 5.51. The summed E-state index contributed by atoms with van der Waals surface area (Å²) in [6.45, 7) is 3.67. The van der Waals surface area contributed by atoms with E-state index in [0.29, 0.717) is 37.6 Å². The van der Waals surface area contributed by atoms with Crippen molar-refractivity contribution in [3.05, 3.63) is 48.2 Å². The summed E-state index contributed by atoms with van der Waals surface area (Å²) in [5.41, 5.74) is 2.79. The normalized spacial score (nSPS) is 22.3. The number of anilines is 1. The number of rotatable bonds is 3. The SMILES string of the molecule is COc1ccc(C2=C\CCN/C=C/C=C\2)c2nc(NC(=O)N3CCC(C)(O)CC3)[nH]c12. The molecule has 4 N–H and O–H groups in total. The number of hydrogen-bond acceptors (Lipinski definition) is 5. The fourth-order valence-electron chi connectivity index (χ4n) is 3.85. The molecule has 3 heterocycles. The van der Waals surface area contributed by atoms with Crippen molar-refractivity contribution < 1.29 is 14.6 Å². The Bertz CT molecular complexity index is 1040. The van der Waals surface area contributed by atoms with E-state index < -0.39 is 5.60 Å². The van der Waals surface area contributed by atoms with E-state index >= 15 is 0 Å². The number of carbonyl (C=O) groups is 1. The number of urea groups is 1. The second-order valence-corrected chi connectivity index (χ2v) is 8.16. The maximum absolute atomic E-state index is 12.7. The Kier molecular flexibility index (Phi) is 5.99. The quantitative estimate of drug-likeness (QED) is 0.606. The van der Waals surface area contributed by atoms with Crippen molar-refractivity contribution in [3.63, 3.8) is 0 Å². The molecule has 0 aliphatic carbocycles. The average Bonchev–Trinajstić information content (AvgIpc) is 3.21. The molecule has 4 rings (SSSR count). The molecular formula is C23H29N5O3. The third-order valence-corrected chi connectivity index (χ3v) is 5.74. The Labute approximate surface area is 181 Å². The van der Waals surface area contributed by atoms with Gasteiger partial charge in [-0.3, -0.25) is 5.32 Å². The third-order valence-electron chi connectivity index (χ3n) is 5.74. The van der Waals surface area contributed by atoms with Crippen LogP contribution >= 0.6 is 0 Å². The zero-order valence-corrected chi connectivity index (χ0v) is 17.9. The first-order chi connectivity index (χ1) is 15.0. The molecule has 2 aromatic rings. The number of nitrogens with zero attached hydrogens (tertiary/aromatic N) is 2. The summed E-state index contributed by atoms with van der Waals surface area (Å²) in [6, 6.07) is 3.67. The highest BCUT2D eigenvalue weighted by Gasteiger charge is 2.30. The van der Waals surface area contributed by atoms with Crippen LogP contribution in [-0.4, -0.2) is 58.4 Å². The molecule has 1 aromatic heterocycles. The molecule has 31 heavy (non-hydrogen) atoms. The van der Waals surface area contributed by atoms with Gasteiger partial charge in [-0.05, 0) is 56.2 Å². The van der Waals surface area contributed by atoms with Crippen LogP contribution in [0.2, 0.25) is 0 Å². The molecule has 1 fully saturated rings. The van der Waals surface area contributed by atoms with E-state index in [1.807, 2.05) is 37.4 Å². The molecule has 0 saturated carbocycles. The van der Waals surface area contributed by atoms with Gasteiger partial charge >= 0.3 is 6.03 Å². The zero-order chi connectivity index (χ0) is 21.8. The number of allylic oxidation sites excluding steroid dienone is 4. The number of fused-ring (bicyclic) bond motifs is 1. The summed E-state index contributed by atoms with van der Waals surface area (Å²) in [4.78, 5) is 22.3. The van der Waals surface area contributed by atoms with Gasteiger partial charge in [0.15, 0.2) is 0 Å². The highest BCUT2D eigenvalue weighted by molar-refractivity contribution is 5.98. The maximum Gasteiger partial charge on any atom is 0.324 e. The lowest BCUT2D eigenvalue weighted by Crippen LogP contribution is -2.46. The van der Waals surface area contributed by atoms with Crippen LogP contribution in [0.15, 0.2) is 42.6 Å². The van der Waals surface area contributed by atoms with Crippen LogP contribution in [0.25, 0.3) is 16.6 Å². The van der Waals surface area contributed by atoms with Crippen LogP contribution in [-0.2, 0) is 0 Å². The molecule has 0 radical (unpaired) electrons. The fraction of sp³-hybridized carbons (Fsp3) is 0.391. The molecule has 2 aliphatic heterocycles. The molecule has 164 valence electrons. The van der Waals surface area contributed by atoms with Crippen molar-refractivity contribution in [3.8, 4) is 5.75 Å². The van der Waals surface area contributed by atoms with Crippen molar-refractivity contribution >= 4 is 28.6 Å². The Morgan fingerprint density at radius 1 is 1.29 bits per heavy atom. The Morgan fingerprint density at radius 2 is 2.10 bits per heavy atom. The van der Waals surface area contributed by atoms with E-state index in [-0.39, 0.29) is 6.03 Å². The number of aromatic nitrogens is 2. The number of benzene rings is 1. The highest BCUT2D eigenvalue weighted by atomic mass is 16.5. The molecule has 8 heteroatoms. The van der Waals surface area contributed by atoms with Gasteiger partial charge in [-0.25, -0.2) is 9.78 Å². The molecule has 0 spiro atoms. The fourth-order valence-corrected chi connectivity index (χ4v) is 3.85. The van der Waals surface area contributed by atoms with E-state index in [4.69, 9.17) is 4.74 Å². The molecule has 2 aliphatic rings. The Balaban J connectivity index is 1.63. The van der Waals surface area contributed by atoms with Crippen LogP contribution in [0.1, 0.15) is 31.7 Å². The molecule has 0 unspecified atom stereocenters. The second kappa shape index (κ2) is 8.85. The van der Waals surface area contributed by atoms with Gasteiger partial charge in [0, 0.05) is 25.2 Å². The zero-order valence-electron chi connectivity index (χ0n) is 17.9. The number of aromatic amines is 1. The van der Waals surface area contributed by atoms with E-state index in [2.05, 4.69) is 32.8 Å². The van der Waals surface area contributed by atoms with Crippen LogP contribution in [0.4, 0.5) is 10.7 Å². The van der Waals surface area contributed by atoms with Crippen molar-refractivity contribution in [2.45, 2.75) is 31.8 Å². The van der Waals surface area contributed by atoms with E-state index in [9.17, 15) is 9.90 Å². The summed E-state index contributed by atoms with van der Waals surface area (Å²) in [6.07, 6.45) is 12.1. The number of amides is 2. The minimum Gasteiger partial charge on any atom is -0.494 e. The van der Waals surface area contributed by atoms with Gasteiger partial charge in [0.05, 0.1) is 12.7 Å². The first kappa shape index (κ1) is 21.0. The molecular weight excluding hydrogens is 394 g/mol. The van der Waals surface area contributed by atoms with Gasteiger partial charge in [-0.15, -0.1) is 0 Å². The van der Waals surface area contributed by atoms with Crippen molar-refractivity contribution in [1.82, 2.24) is 20.2 Å². The number of piperidine rings is 1. The predicted molar refractivity (Wildman–Crippen MR) is 122 cm³/mol. The van der Waals surface area contributed by atoms with Crippen LogP contribution in [0.5, 0.6) is 5.75 Å². The number of ether oxygens (including phenoxy) is 1. The topological polar surface area (TPSA) is 103 Å². The lowest BCUT2D eigenvalue weighted by Gasteiger charge is -2.35. The number of likely N-dealkylation sites (tertiary alicyclic amines) is 1. The number of aliphatic hydroxyl groups is 1. The van der Waals surface area contributed by atoms with Gasteiger partial charge < -0.3 is 25.0 Å². The minimum atomic E-state index is -0.708. The molecule has 0 atom stereocenters. The first-order valence-corrected chi connectivity index (χ1v) is 10.6. The van der Waals surface area contributed by atoms with Crippen molar-refractivity contribution in [1.29, 1.82) is 0 Å². The predicted octanol–water partition coefficient (Wildman–Crippen LogP) is 3.40. The smallest absolute Gasteiger partial charge is 0.324 e. The average molecular weight is 424 g/mol. The van der Waals surface area contributed by atoms with Crippen molar-refractivity contribution in [2.75, 3.05) is 32.1 Å². The van der Waals surface area contributed by atoms with Crippen molar-refractivity contribution in [2.24, 2.45) is 0 Å². The monoisotopic (exact) mass is 423 g/mol. The van der Waals surface area contributed by atoms with Gasteiger partial charge in [0.25, 0.3) is 0 Å². The molecule has 1 aromatic carbocycles. The van der Waals surface area contributed by atoms with E-state index in [1.165, 1.54) is 0 Å². The van der Waals surface area contributed by atoms with E-state index in [1.54, 1.807) is 12.0 Å². The van der Waals surface area contributed by atoms with Crippen LogP contribution in [0.3, 0.4) is 0 Å². The largest absolute Gasteiger partial charge is 0.494 e. The van der Waals surface area contributed by atoms with Gasteiger partial charge in [-0.2, -0.15) is 0 Å². The number of nitrogens with one attached hydrogen (secondary N) is 3.